The Balaban J connectivity index is 2.50. The van der Waals surface area contributed by atoms with Gasteiger partial charge in [0.1, 0.15) is 0 Å². The molecule has 0 bridgehead atoms. The number of benzene rings is 1. The fourth-order valence-corrected chi connectivity index (χ4v) is 3.26. The minimum Gasteiger partial charge on any atom is -0.493 e. The molecule has 3 nitrogen and oxygen atoms in total. The molecule has 3 heteroatoms. The van der Waals surface area contributed by atoms with Crippen molar-refractivity contribution in [3.05, 3.63) is 23.3 Å². The summed E-state index contributed by atoms with van der Waals surface area (Å²) in [6.45, 7) is 2.15. The lowest BCUT2D eigenvalue weighted by Crippen LogP contribution is -2.39. The Kier molecular flexibility index (Phi) is 4.35. The van der Waals surface area contributed by atoms with Crippen molar-refractivity contribution >= 4 is 0 Å². The van der Waals surface area contributed by atoms with Crippen molar-refractivity contribution in [1.29, 1.82) is 0 Å². The molecule has 1 saturated carbocycles. The summed E-state index contributed by atoms with van der Waals surface area (Å²) in [5.74, 6) is 1.64. The summed E-state index contributed by atoms with van der Waals surface area (Å²) < 4.78 is 10.9. The molecule has 2 N–H and O–H groups in total. The van der Waals surface area contributed by atoms with E-state index in [1.807, 2.05) is 6.07 Å². The first kappa shape index (κ1) is 14.2. The molecule has 19 heavy (non-hydrogen) atoms. The van der Waals surface area contributed by atoms with Crippen molar-refractivity contribution in [2.24, 2.45) is 5.73 Å². The van der Waals surface area contributed by atoms with Crippen LogP contribution in [0.15, 0.2) is 12.1 Å². The van der Waals surface area contributed by atoms with E-state index in [0.29, 0.717) is 0 Å². The highest BCUT2D eigenvalue weighted by atomic mass is 16.5. The highest BCUT2D eigenvalue weighted by molar-refractivity contribution is 5.53. The average molecular weight is 263 g/mol. The molecule has 0 radical (unpaired) electrons. The van der Waals surface area contributed by atoms with Crippen LogP contribution in [0.25, 0.3) is 0 Å². The van der Waals surface area contributed by atoms with Gasteiger partial charge < -0.3 is 15.2 Å². The van der Waals surface area contributed by atoms with Crippen LogP contribution < -0.4 is 15.2 Å². The van der Waals surface area contributed by atoms with Crippen molar-refractivity contribution in [3.63, 3.8) is 0 Å². The van der Waals surface area contributed by atoms with E-state index < -0.39 is 0 Å². The van der Waals surface area contributed by atoms with Crippen LogP contribution in [0.1, 0.15) is 50.2 Å². The lowest BCUT2D eigenvalue weighted by molar-refractivity contribution is 0.296. The number of hydrogen-bond donors (Lipinski definition) is 1. The normalized spacial score (nSPS) is 18.1. The maximum absolute atomic E-state index is 6.68. The van der Waals surface area contributed by atoms with Crippen LogP contribution >= 0.6 is 0 Å². The Hall–Kier alpha value is -1.22. The van der Waals surface area contributed by atoms with Gasteiger partial charge >= 0.3 is 0 Å². The van der Waals surface area contributed by atoms with Crippen LogP contribution in [0, 0.1) is 0 Å². The fraction of sp³-hybridized carbons (Fsp3) is 0.625. The van der Waals surface area contributed by atoms with Gasteiger partial charge in [0.2, 0.25) is 0 Å². The largest absolute Gasteiger partial charge is 0.493 e. The maximum atomic E-state index is 6.68. The van der Waals surface area contributed by atoms with Gasteiger partial charge in [-0.2, -0.15) is 0 Å². The molecular formula is C16H25NO2. The molecule has 1 aromatic rings. The molecule has 0 amide bonds. The van der Waals surface area contributed by atoms with Crippen molar-refractivity contribution in [1.82, 2.24) is 0 Å². The minimum absolute atomic E-state index is 0.191. The molecule has 1 aliphatic rings. The van der Waals surface area contributed by atoms with Gasteiger partial charge in [0.05, 0.1) is 14.2 Å². The molecule has 1 fully saturated rings. The summed E-state index contributed by atoms with van der Waals surface area (Å²) in [5.41, 5.74) is 8.93. The Bertz CT molecular complexity index is 437. The summed E-state index contributed by atoms with van der Waals surface area (Å²) in [4.78, 5) is 0. The van der Waals surface area contributed by atoms with Crippen LogP contribution in [0.3, 0.4) is 0 Å². The van der Waals surface area contributed by atoms with E-state index in [0.717, 1.165) is 30.8 Å². The molecule has 0 saturated heterocycles. The lowest BCUT2D eigenvalue weighted by atomic mass is 9.75. The third-order valence-electron chi connectivity index (χ3n) is 4.28. The first-order valence-electron chi connectivity index (χ1n) is 7.19. The molecule has 106 valence electrons. The van der Waals surface area contributed by atoms with Gasteiger partial charge in [-0.15, -0.1) is 0 Å². The second kappa shape index (κ2) is 5.83. The monoisotopic (exact) mass is 263 g/mol. The predicted octanol–water partition coefficient (Wildman–Crippen LogP) is 3.38. The Morgan fingerprint density at radius 2 is 1.79 bits per heavy atom. The zero-order valence-electron chi connectivity index (χ0n) is 12.3. The van der Waals surface area contributed by atoms with Crippen LogP contribution in [0.5, 0.6) is 11.5 Å². The highest BCUT2D eigenvalue weighted by Crippen LogP contribution is 2.42. The highest BCUT2D eigenvalue weighted by Gasteiger charge is 2.32. The molecule has 0 spiro atoms. The first-order chi connectivity index (χ1) is 9.16. The van der Waals surface area contributed by atoms with Crippen molar-refractivity contribution in [3.8, 4) is 11.5 Å². The fourth-order valence-electron chi connectivity index (χ4n) is 3.26. The van der Waals surface area contributed by atoms with Crippen molar-refractivity contribution < 1.29 is 9.47 Å². The van der Waals surface area contributed by atoms with Crippen LogP contribution in [-0.4, -0.2) is 14.2 Å². The Morgan fingerprint density at radius 1 is 1.11 bits per heavy atom. The quantitative estimate of drug-likeness (QED) is 0.905. The van der Waals surface area contributed by atoms with Gasteiger partial charge in [-0.05, 0) is 30.9 Å². The van der Waals surface area contributed by atoms with Crippen LogP contribution in [-0.2, 0) is 12.0 Å². The third-order valence-corrected chi connectivity index (χ3v) is 4.28. The predicted molar refractivity (Wildman–Crippen MR) is 77.9 cm³/mol. The van der Waals surface area contributed by atoms with E-state index in [1.54, 1.807) is 14.2 Å². The lowest BCUT2D eigenvalue weighted by Gasteiger charge is -2.36. The maximum Gasteiger partial charge on any atom is 0.164 e. The first-order valence-corrected chi connectivity index (χ1v) is 7.19. The molecule has 1 aromatic carbocycles. The zero-order chi connectivity index (χ0) is 13.9. The molecule has 0 unspecified atom stereocenters. The van der Waals surface area contributed by atoms with Gasteiger partial charge in [-0.3, -0.25) is 0 Å². The molecule has 0 aliphatic heterocycles. The minimum atomic E-state index is -0.191. The molecular weight excluding hydrogens is 238 g/mol. The van der Waals surface area contributed by atoms with Gasteiger partial charge in [0.25, 0.3) is 0 Å². The summed E-state index contributed by atoms with van der Waals surface area (Å²) in [6.07, 6.45) is 6.77. The Morgan fingerprint density at radius 3 is 2.32 bits per heavy atom. The standard InChI is InChI=1S/C16H25NO2/c1-4-12-13(16(17)10-6-5-7-11-16)8-9-14(18-2)15(12)19-3/h8-9H,4-7,10-11,17H2,1-3H3. The summed E-state index contributed by atoms with van der Waals surface area (Å²) >= 11 is 0. The second-order valence-corrected chi connectivity index (χ2v) is 5.40. The van der Waals surface area contributed by atoms with Gasteiger partial charge in [0.15, 0.2) is 11.5 Å². The van der Waals surface area contributed by atoms with Gasteiger partial charge in [0, 0.05) is 11.1 Å². The van der Waals surface area contributed by atoms with E-state index in [1.165, 1.54) is 30.4 Å². The number of methoxy groups -OCH3 is 2. The summed E-state index contributed by atoms with van der Waals surface area (Å²) in [7, 11) is 3.38. The van der Waals surface area contributed by atoms with E-state index in [2.05, 4.69) is 13.0 Å². The molecule has 0 heterocycles. The summed E-state index contributed by atoms with van der Waals surface area (Å²) in [5, 5.41) is 0. The number of ether oxygens (including phenoxy) is 2. The number of hydrogen-bond acceptors (Lipinski definition) is 3. The number of rotatable bonds is 4. The molecule has 0 aromatic heterocycles. The van der Waals surface area contributed by atoms with Gasteiger partial charge in [-0.1, -0.05) is 32.3 Å². The molecule has 0 atom stereocenters. The van der Waals surface area contributed by atoms with Crippen LogP contribution in [0.2, 0.25) is 0 Å². The Labute approximate surface area is 116 Å². The van der Waals surface area contributed by atoms with E-state index >= 15 is 0 Å². The topological polar surface area (TPSA) is 44.5 Å². The average Bonchev–Trinajstić information content (AvgIpc) is 2.46. The number of nitrogens with two attached hydrogens (primary N) is 1. The zero-order valence-corrected chi connectivity index (χ0v) is 12.3. The van der Waals surface area contributed by atoms with Crippen LogP contribution in [0.4, 0.5) is 0 Å². The third kappa shape index (κ3) is 2.57. The van der Waals surface area contributed by atoms with E-state index in [-0.39, 0.29) is 5.54 Å². The van der Waals surface area contributed by atoms with Gasteiger partial charge in [-0.25, -0.2) is 0 Å². The molecule has 1 aliphatic carbocycles. The second-order valence-electron chi connectivity index (χ2n) is 5.40. The van der Waals surface area contributed by atoms with Crippen molar-refractivity contribution in [2.45, 2.75) is 51.0 Å². The SMILES string of the molecule is CCc1c(C2(N)CCCCC2)ccc(OC)c1OC. The smallest absolute Gasteiger partial charge is 0.164 e. The molecule has 2 rings (SSSR count). The van der Waals surface area contributed by atoms with E-state index in [4.69, 9.17) is 15.2 Å². The van der Waals surface area contributed by atoms with Crippen molar-refractivity contribution in [2.75, 3.05) is 14.2 Å². The summed E-state index contributed by atoms with van der Waals surface area (Å²) in [6, 6.07) is 4.11. The van der Waals surface area contributed by atoms with E-state index in [9.17, 15) is 0 Å².